The maximum absolute atomic E-state index is 9.30. The molecule has 0 saturated carbocycles. The lowest BCUT2D eigenvalue weighted by Crippen LogP contribution is -2.28. The van der Waals surface area contributed by atoms with Gasteiger partial charge in [0.05, 0.1) is 6.10 Å². The summed E-state index contributed by atoms with van der Waals surface area (Å²) in [5.74, 6) is 0. The van der Waals surface area contributed by atoms with Gasteiger partial charge in [0.25, 0.3) is 0 Å². The molecular formula is C14H23NO. The van der Waals surface area contributed by atoms with Crippen molar-refractivity contribution in [3.8, 4) is 0 Å². The summed E-state index contributed by atoms with van der Waals surface area (Å²) in [5.41, 5.74) is 2.62. The monoisotopic (exact) mass is 221 g/mol. The summed E-state index contributed by atoms with van der Waals surface area (Å²) in [6.45, 7) is 12.6. The highest BCUT2D eigenvalue weighted by atomic mass is 16.3. The van der Waals surface area contributed by atoms with E-state index in [9.17, 15) is 5.11 Å². The van der Waals surface area contributed by atoms with Gasteiger partial charge in [-0.05, 0) is 43.9 Å². The van der Waals surface area contributed by atoms with Crippen LogP contribution in [0, 0.1) is 0 Å². The summed E-state index contributed by atoms with van der Waals surface area (Å²) in [5, 5.41) is 9.30. The molecular weight excluding hydrogens is 198 g/mol. The third kappa shape index (κ3) is 3.95. The van der Waals surface area contributed by atoms with Gasteiger partial charge in [-0.1, -0.05) is 25.3 Å². The molecule has 0 saturated heterocycles. The second-order valence-electron chi connectivity index (χ2n) is 4.48. The molecule has 90 valence electrons. The maximum atomic E-state index is 9.30. The predicted octanol–water partition coefficient (Wildman–Crippen LogP) is 2.52. The van der Waals surface area contributed by atoms with E-state index in [0.717, 1.165) is 32.5 Å². The fourth-order valence-corrected chi connectivity index (χ4v) is 2.06. The van der Waals surface area contributed by atoms with E-state index in [0.29, 0.717) is 0 Å². The minimum Gasteiger partial charge on any atom is -0.393 e. The SMILES string of the molecule is C=CC1=C(C=C)CN(CCC(C)O)CCC1. The summed E-state index contributed by atoms with van der Waals surface area (Å²) in [6, 6.07) is 0. The summed E-state index contributed by atoms with van der Waals surface area (Å²) in [7, 11) is 0. The Bertz CT molecular complexity index is 278. The zero-order valence-electron chi connectivity index (χ0n) is 10.3. The second kappa shape index (κ2) is 6.66. The van der Waals surface area contributed by atoms with E-state index in [-0.39, 0.29) is 6.10 Å². The Hall–Kier alpha value is -0.860. The van der Waals surface area contributed by atoms with Crippen molar-refractivity contribution in [3.63, 3.8) is 0 Å². The van der Waals surface area contributed by atoms with E-state index in [1.807, 2.05) is 19.1 Å². The highest BCUT2D eigenvalue weighted by molar-refractivity contribution is 5.33. The third-order valence-electron chi connectivity index (χ3n) is 3.08. The molecule has 2 heteroatoms. The highest BCUT2D eigenvalue weighted by Gasteiger charge is 2.13. The molecule has 0 aromatic rings. The molecule has 0 bridgehead atoms. The number of aliphatic hydroxyl groups is 1. The molecule has 1 aliphatic rings. The molecule has 1 aliphatic heterocycles. The zero-order chi connectivity index (χ0) is 12.0. The van der Waals surface area contributed by atoms with E-state index in [1.165, 1.54) is 17.6 Å². The van der Waals surface area contributed by atoms with Crippen molar-refractivity contribution in [1.29, 1.82) is 0 Å². The Balaban J connectivity index is 2.61. The topological polar surface area (TPSA) is 23.5 Å². The molecule has 0 spiro atoms. The molecule has 1 N–H and O–H groups in total. The first-order valence-corrected chi connectivity index (χ1v) is 6.04. The van der Waals surface area contributed by atoms with E-state index in [1.54, 1.807) is 0 Å². The van der Waals surface area contributed by atoms with Crippen LogP contribution in [0.4, 0.5) is 0 Å². The molecule has 2 nitrogen and oxygen atoms in total. The molecule has 0 fully saturated rings. The van der Waals surface area contributed by atoms with E-state index < -0.39 is 0 Å². The van der Waals surface area contributed by atoms with Crippen LogP contribution in [0.2, 0.25) is 0 Å². The van der Waals surface area contributed by atoms with E-state index in [4.69, 9.17) is 0 Å². The quantitative estimate of drug-likeness (QED) is 0.771. The van der Waals surface area contributed by atoms with E-state index >= 15 is 0 Å². The van der Waals surface area contributed by atoms with Crippen molar-refractivity contribution in [1.82, 2.24) is 4.90 Å². The summed E-state index contributed by atoms with van der Waals surface area (Å²) in [4.78, 5) is 2.39. The normalized spacial score (nSPS) is 20.4. The average molecular weight is 221 g/mol. The lowest BCUT2D eigenvalue weighted by molar-refractivity contribution is 0.160. The molecule has 1 atom stereocenters. The van der Waals surface area contributed by atoms with Gasteiger partial charge in [0.2, 0.25) is 0 Å². The molecule has 1 unspecified atom stereocenters. The van der Waals surface area contributed by atoms with Crippen molar-refractivity contribution in [2.24, 2.45) is 0 Å². The van der Waals surface area contributed by atoms with Gasteiger partial charge < -0.3 is 5.11 Å². The Morgan fingerprint density at radius 1 is 1.38 bits per heavy atom. The van der Waals surface area contributed by atoms with Gasteiger partial charge in [0.15, 0.2) is 0 Å². The molecule has 0 radical (unpaired) electrons. The lowest BCUT2D eigenvalue weighted by Gasteiger charge is -2.21. The lowest BCUT2D eigenvalue weighted by atomic mass is 10.1. The third-order valence-corrected chi connectivity index (χ3v) is 3.08. The van der Waals surface area contributed by atoms with Crippen LogP contribution in [0.3, 0.4) is 0 Å². The van der Waals surface area contributed by atoms with Crippen molar-refractivity contribution in [2.45, 2.75) is 32.3 Å². The molecule has 0 aromatic heterocycles. The maximum Gasteiger partial charge on any atom is 0.0524 e. The number of nitrogens with zero attached hydrogens (tertiary/aromatic N) is 1. The number of aliphatic hydroxyl groups excluding tert-OH is 1. The van der Waals surface area contributed by atoms with Crippen LogP contribution in [0.1, 0.15) is 26.2 Å². The van der Waals surface area contributed by atoms with Gasteiger partial charge in [0, 0.05) is 13.1 Å². The fraction of sp³-hybridized carbons (Fsp3) is 0.571. The predicted molar refractivity (Wildman–Crippen MR) is 69.4 cm³/mol. The smallest absolute Gasteiger partial charge is 0.0524 e. The highest BCUT2D eigenvalue weighted by Crippen LogP contribution is 2.19. The zero-order valence-corrected chi connectivity index (χ0v) is 10.3. The number of allylic oxidation sites excluding steroid dienone is 2. The van der Waals surface area contributed by atoms with Gasteiger partial charge >= 0.3 is 0 Å². The van der Waals surface area contributed by atoms with Crippen LogP contribution in [-0.4, -0.2) is 35.7 Å². The van der Waals surface area contributed by atoms with Crippen LogP contribution < -0.4 is 0 Å². The molecule has 16 heavy (non-hydrogen) atoms. The number of hydrogen-bond acceptors (Lipinski definition) is 2. The van der Waals surface area contributed by atoms with Gasteiger partial charge in [-0.15, -0.1) is 0 Å². The average Bonchev–Trinajstić information content (AvgIpc) is 2.47. The van der Waals surface area contributed by atoms with Crippen LogP contribution in [-0.2, 0) is 0 Å². The molecule has 0 aliphatic carbocycles. The minimum absolute atomic E-state index is 0.210. The van der Waals surface area contributed by atoms with Crippen LogP contribution in [0.5, 0.6) is 0 Å². The standard InChI is InChI=1S/C14H23NO/c1-4-13-7-6-9-15(10-8-12(3)16)11-14(13)5-2/h4-5,12,16H,1-2,6-11H2,3H3. The van der Waals surface area contributed by atoms with Crippen LogP contribution in [0.25, 0.3) is 0 Å². The van der Waals surface area contributed by atoms with Crippen LogP contribution >= 0.6 is 0 Å². The Labute approximate surface area is 99.0 Å². The van der Waals surface area contributed by atoms with Crippen molar-refractivity contribution >= 4 is 0 Å². The first-order chi connectivity index (χ1) is 7.67. The first kappa shape index (κ1) is 13.2. The number of rotatable bonds is 5. The first-order valence-electron chi connectivity index (χ1n) is 6.04. The molecule has 0 aromatic carbocycles. The number of hydrogen-bond donors (Lipinski definition) is 1. The van der Waals surface area contributed by atoms with Crippen molar-refractivity contribution in [2.75, 3.05) is 19.6 Å². The van der Waals surface area contributed by atoms with Crippen molar-refractivity contribution < 1.29 is 5.11 Å². The van der Waals surface area contributed by atoms with Crippen molar-refractivity contribution in [3.05, 3.63) is 36.5 Å². The summed E-state index contributed by atoms with van der Waals surface area (Å²) in [6.07, 6.45) is 6.79. The Kier molecular flexibility index (Phi) is 5.50. The fourth-order valence-electron chi connectivity index (χ4n) is 2.06. The van der Waals surface area contributed by atoms with Gasteiger partial charge in [-0.3, -0.25) is 4.90 Å². The summed E-state index contributed by atoms with van der Waals surface area (Å²) < 4.78 is 0. The Morgan fingerprint density at radius 3 is 2.62 bits per heavy atom. The molecule has 1 heterocycles. The largest absolute Gasteiger partial charge is 0.393 e. The van der Waals surface area contributed by atoms with Gasteiger partial charge in [-0.2, -0.15) is 0 Å². The molecule has 1 rings (SSSR count). The Morgan fingerprint density at radius 2 is 2.06 bits per heavy atom. The minimum atomic E-state index is -0.210. The van der Waals surface area contributed by atoms with Gasteiger partial charge in [-0.25, -0.2) is 0 Å². The molecule has 0 amide bonds. The second-order valence-corrected chi connectivity index (χ2v) is 4.48. The van der Waals surface area contributed by atoms with Crippen LogP contribution in [0.15, 0.2) is 36.5 Å². The van der Waals surface area contributed by atoms with Gasteiger partial charge in [0.1, 0.15) is 0 Å². The van der Waals surface area contributed by atoms with E-state index in [2.05, 4.69) is 18.1 Å². The summed E-state index contributed by atoms with van der Waals surface area (Å²) >= 11 is 0.